The molecular weight excluding hydrogens is 530 g/mol. The number of likely N-dealkylation sites (tertiary alicyclic amines) is 1. The normalized spacial score (nSPS) is 25.0. The van der Waals surface area contributed by atoms with Crippen LogP contribution in [-0.4, -0.2) is 44.8 Å². The van der Waals surface area contributed by atoms with Crippen LogP contribution in [0.4, 0.5) is 13.2 Å². The first-order chi connectivity index (χ1) is 17.1. The van der Waals surface area contributed by atoms with Crippen LogP contribution in [0, 0.1) is 5.41 Å². The van der Waals surface area contributed by atoms with Crippen LogP contribution < -0.4 is 0 Å². The number of halogens is 5. The molecule has 37 heavy (non-hydrogen) atoms. The Morgan fingerprint density at radius 1 is 1.14 bits per heavy atom. The average molecular weight is 560 g/mol. The largest absolute Gasteiger partial charge is 0.481 e. The smallest absolute Gasteiger partial charge is 0.416 e. The molecule has 1 amide bonds. The number of nitrogens with zero attached hydrogens (tertiary/aromatic N) is 1. The van der Waals surface area contributed by atoms with E-state index in [2.05, 4.69) is 0 Å². The minimum atomic E-state index is -4.92. The number of benzene rings is 2. The number of hydrogen-bond donors (Lipinski definition) is 2. The van der Waals surface area contributed by atoms with Gasteiger partial charge in [0.05, 0.1) is 17.9 Å². The van der Waals surface area contributed by atoms with Gasteiger partial charge < -0.3 is 15.1 Å². The molecule has 2 N–H and O–H groups in total. The fourth-order valence-electron chi connectivity index (χ4n) is 5.29. The lowest BCUT2D eigenvalue weighted by Gasteiger charge is -2.52. The van der Waals surface area contributed by atoms with Gasteiger partial charge in [-0.1, -0.05) is 61.3 Å². The average Bonchev–Trinajstić information content (AvgIpc) is 2.78. The van der Waals surface area contributed by atoms with Crippen molar-refractivity contribution in [1.82, 2.24) is 4.90 Å². The van der Waals surface area contributed by atoms with Crippen LogP contribution in [0.3, 0.4) is 0 Å². The van der Waals surface area contributed by atoms with Gasteiger partial charge in [0.25, 0.3) is 0 Å². The maximum absolute atomic E-state index is 14.1. The lowest BCUT2D eigenvalue weighted by atomic mass is 9.66. The van der Waals surface area contributed by atoms with E-state index in [-0.39, 0.29) is 12.8 Å². The third-order valence-corrected chi connectivity index (χ3v) is 7.73. The summed E-state index contributed by atoms with van der Waals surface area (Å²) in [5.41, 5.74) is -3.12. The predicted octanol–water partition coefficient (Wildman–Crippen LogP) is 7.01. The van der Waals surface area contributed by atoms with Crippen molar-refractivity contribution in [3.05, 3.63) is 69.7 Å². The fraction of sp³-hybridized carbons (Fsp3) is 0.481. The summed E-state index contributed by atoms with van der Waals surface area (Å²) in [6.45, 7) is 3.85. The van der Waals surface area contributed by atoms with Crippen LogP contribution in [-0.2, 0) is 9.59 Å². The number of alkyl halides is 3. The van der Waals surface area contributed by atoms with Crippen LogP contribution in [0.25, 0.3) is 0 Å². The summed E-state index contributed by atoms with van der Waals surface area (Å²) >= 11 is 12.4. The van der Waals surface area contributed by atoms with E-state index in [4.69, 9.17) is 23.2 Å². The van der Waals surface area contributed by atoms with Crippen molar-refractivity contribution in [2.75, 3.05) is 0 Å². The molecule has 1 fully saturated rings. The standard InChI is InChI=1S/C27H30Cl2F3NO4/c1-4-20(13-26(3,37)27(30,31)32)33-23(16-8-10-18(28)11-9-16)21(17-6-5-7-19(29)12-17)14-25(2,24(33)36)15-22(34)35/h5-12,20-21,23,37H,4,13-15H2,1-3H3,(H,34,35)/t20?,21?,23?,25-,26?/m1/s1. The van der Waals surface area contributed by atoms with E-state index in [0.29, 0.717) is 22.5 Å². The Morgan fingerprint density at radius 3 is 2.27 bits per heavy atom. The molecule has 0 spiro atoms. The maximum atomic E-state index is 14.1. The molecule has 0 bridgehead atoms. The van der Waals surface area contributed by atoms with E-state index in [0.717, 1.165) is 5.56 Å². The highest BCUT2D eigenvalue weighted by Crippen LogP contribution is 2.53. The van der Waals surface area contributed by atoms with Gasteiger partial charge in [-0.2, -0.15) is 13.2 Å². The molecule has 2 aromatic rings. The molecule has 1 saturated heterocycles. The molecule has 1 aliphatic heterocycles. The molecule has 5 nitrogen and oxygen atoms in total. The number of aliphatic carboxylic acids is 1. The second-order valence-electron chi connectivity index (χ2n) is 10.2. The van der Waals surface area contributed by atoms with E-state index in [1.165, 1.54) is 11.8 Å². The molecule has 5 atom stereocenters. The summed E-state index contributed by atoms with van der Waals surface area (Å²) in [6, 6.07) is 11.8. The van der Waals surface area contributed by atoms with Gasteiger partial charge in [0.1, 0.15) is 0 Å². The first kappa shape index (κ1) is 29.3. The van der Waals surface area contributed by atoms with Gasteiger partial charge in [-0.25, -0.2) is 0 Å². The Bertz CT molecular complexity index is 1140. The van der Waals surface area contributed by atoms with Gasteiger partial charge in [-0.15, -0.1) is 0 Å². The molecule has 0 radical (unpaired) electrons. The van der Waals surface area contributed by atoms with Gasteiger partial charge in [-0.3, -0.25) is 9.59 Å². The molecule has 10 heteroatoms. The summed E-state index contributed by atoms with van der Waals surface area (Å²) in [6.07, 6.45) is -5.96. The van der Waals surface area contributed by atoms with Crippen LogP contribution in [0.1, 0.15) is 69.5 Å². The number of hydrogen-bond acceptors (Lipinski definition) is 3. The van der Waals surface area contributed by atoms with Crippen molar-refractivity contribution in [1.29, 1.82) is 0 Å². The number of carboxylic acids is 1. The Hall–Kier alpha value is -2.29. The molecular formula is C27H30Cl2F3NO4. The van der Waals surface area contributed by atoms with Gasteiger partial charge in [0.2, 0.25) is 5.91 Å². The van der Waals surface area contributed by atoms with Crippen molar-refractivity contribution < 1.29 is 33.0 Å². The molecule has 1 heterocycles. The maximum Gasteiger partial charge on any atom is 0.416 e. The molecule has 2 aromatic carbocycles. The van der Waals surface area contributed by atoms with Crippen LogP contribution in [0.5, 0.6) is 0 Å². The lowest BCUT2D eigenvalue weighted by molar-refractivity contribution is -0.259. The van der Waals surface area contributed by atoms with E-state index >= 15 is 0 Å². The Kier molecular flexibility index (Phi) is 8.57. The first-order valence-electron chi connectivity index (χ1n) is 11.9. The topological polar surface area (TPSA) is 77.8 Å². The van der Waals surface area contributed by atoms with E-state index in [9.17, 15) is 33.0 Å². The molecule has 0 aliphatic carbocycles. The Balaban J connectivity index is 2.25. The number of carboxylic acid groups (broad SMARTS) is 1. The Morgan fingerprint density at radius 2 is 1.76 bits per heavy atom. The van der Waals surface area contributed by atoms with Crippen molar-refractivity contribution in [2.24, 2.45) is 5.41 Å². The third kappa shape index (κ3) is 6.24. The predicted molar refractivity (Wildman–Crippen MR) is 136 cm³/mol. The second kappa shape index (κ2) is 10.8. The minimum absolute atomic E-state index is 0.105. The lowest BCUT2D eigenvalue weighted by Crippen LogP contribution is -2.58. The van der Waals surface area contributed by atoms with Gasteiger partial charge in [-0.05, 0) is 55.2 Å². The van der Waals surface area contributed by atoms with Crippen molar-refractivity contribution >= 4 is 35.1 Å². The molecule has 3 rings (SSSR count). The molecule has 0 saturated carbocycles. The summed E-state index contributed by atoms with van der Waals surface area (Å²) in [5, 5.41) is 20.9. The van der Waals surface area contributed by atoms with Crippen LogP contribution in [0.2, 0.25) is 10.0 Å². The highest BCUT2D eigenvalue weighted by molar-refractivity contribution is 6.30. The number of carbonyl (C=O) groups is 2. The zero-order valence-corrected chi connectivity index (χ0v) is 22.2. The first-order valence-corrected chi connectivity index (χ1v) is 12.7. The third-order valence-electron chi connectivity index (χ3n) is 7.24. The number of carbonyl (C=O) groups excluding carboxylic acids is 1. The zero-order chi connectivity index (χ0) is 27.8. The summed E-state index contributed by atoms with van der Waals surface area (Å²) < 4.78 is 41.1. The number of rotatable bonds is 8. The van der Waals surface area contributed by atoms with E-state index in [1.807, 2.05) is 0 Å². The molecule has 202 valence electrons. The quantitative estimate of drug-likeness (QED) is 0.364. The summed E-state index contributed by atoms with van der Waals surface area (Å²) in [4.78, 5) is 27.2. The highest BCUT2D eigenvalue weighted by atomic mass is 35.5. The van der Waals surface area contributed by atoms with Crippen molar-refractivity contribution in [2.45, 2.75) is 76.2 Å². The van der Waals surface area contributed by atoms with Crippen LogP contribution in [0.15, 0.2) is 48.5 Å². The SMILES string of the molecule is CCC(CC(C)(O)C(F)(F)F)N1C(=O)[C@@](C)(CC(=O)O)CC(c2cccc(Cl)c2)C1c1ccc(Cl)cc1. The molecule has 0 aromatic heterocycles. The molecule has 4 unspecified atom stereocenters. The monoisotopic (exact) mass is 559 g/mol. The minimum Gasteiger partial charge on any atom is -0.481 e. The molecule has 1 aliphatic rings. The van der Waals surface area contributed by atoms with Crippen LogP contribution >= 0.6 is 23.2 Å². The van der Waals surface area contributed by atoms with Crippen molar-refractivity contribution in [3.8, 4) is 0 Å². The summed E-state index contributed by atoms with van der Waals surface area (Å²) in [7, 11) is 0. The summed E-state index contributed by atoms with van der Waals surface area (Å²) in [5.74, 6) is -2.26. The second-order valence-corrected chi connectivity index (χ2v) is 11.1. The van der Waals surface area contributed by atoms with E-state index < -0.39 is 59.9 Å². The zero-order valence-electron chi connectivity index (χ0n) is 20.7. The number of amides is 1. The van der Waals surface area contributed by atoms with Gasteiger partial charge in [0, 0.05) is 28.4 Å². The van der Waals surface area contributed by atoms with Crippen molar-refractivity contribution in [3.63, 3.8) is 0 Å². The highest BCUT2D eigenvalue weighted by Gasteiger charge is 2.56. The Labute approximate surface area is 224 Å². The van der Waals surface area contributed by atoms with Gasteiger partial charge in [0.15, 0.2) is 5.60 Å². The fourth-order valence-corrected chi connectivity index (χ4v) is 5.62. The van der Waals surface area contributed by atoms with Gasteiger partial charge >= 0.3 is 12.1 Å². The van der Waals surface area contributed by atoms with E-state index in [1.54, 1.807) is 55.5 Å². The number of piperidine rings is 1. The number of aliphatic hydroxyl groups is 1.